The minimum Gasteiger partial charge on any atom is -0.466 e. The van der Waals surface area contributed by atoms with Gasteiger partial charge in [-0.25, -0.2) is 0 Å². The number of rotatable bonds is 52. The zero-order valence-corrected chi connectivity index (χ0v) is 47.3. The van der Waals surface area contributed by atoms with Crippen molar-refractivity contribution in [3.8, 4) is 0 Å². The molecule has 1 rings (SSSR count). The summed E-state index contributed by atoms with van der Waals surface area (Å²) in [5.74, 6) is -0.228. The second-order valence-electron chi connectivity index (χ2n) is 21.0. The number of aliphatic hydroxyl groups is 5. The van der Waals surface area contributed by atoms with Crippen LogP contribution < -0.4 is 5.32 Å². The van der Waals surface area contributed by atoms with Crippen molar-refractivity contribution in [2.75, 3.05) is 19.8 Å². The number of hydrogen-bond donors (Lipinski definition) is 6. The molecule has 1 heterocycles. The SMILES string of the molecule is CCCCC/C=C\C/C=C\CCCCCCCCCCCC(=O)OCCCCCCCCCCC/C=C\CCCCCCCC(=O)NC(COC1OC(CO)C(O)C(O)C1O)C(O)/C=C/CC/C=C/CCCCC. The van der Waals surface area contributed by atoms with Crippen LogP contribution in [0.3, 0.4) is 0 Å². The zero-order chi connectivity index (χ0) is 53.8. The summed E-state index contributed by atoms with van der Waals surface area (Å²) < 4.78 is 16.7. The van der Waals surface area contributed by atoms with Gasteiger partial charge < -0.3 is 45.1 Å². The summed E-state index contributed by atoms with van der Waals surface area (Å²) in [7, 11) is 0. The van der Waals surface area contributed by atoms with E-state index in [1.165, 1.54) is 141 Å². The van der Waals surface area contributed by atoms with Gasteiger partial charge in [-0.1, -0.05) is 209 Å². The van der Waals surface area contributed by atoms with Gasteiger partial charge in [-0.05, 0) is 103 Å². The van der Waals surface area contributed by atoms with Crippen LogP contribution in [0.4, 0.5) is 0 Å². The van der Waals surface area contributed by atoms with Crippen molar-refractivity contribution in [3.63, 3.8) is 0 Å². The second-order valence-corrected chi connectivity index (χ2v) is 21.0. The average molecular weight is 1040 g/mol. The highest BCUT2D eigenvalue weighted by Crippen LogP contribution is 2.23. The summed E-state index contributed by atoms with van der Waals surface area (Å²) >= 11 is 0. The van der Waals surface area contributed by atoms with E-state index in [9.17, 15) is 35.1 Å². The first kappa shape index (κ1) is 69.4. The maximum Gasteiger partial charge on any atom is 0.305 e. The fraction of sp³-hybridized carbons (Fsp3) is 0.810. The van der Waals surface area contributed by atoms with Crippen LogP contribution in [0.5, 0.6) is 0 Å². The molecule has 6 N–H and O–H groups in total. The lowest BCUT2D eigenvalue weighted by molar-refractivity contribution is -0.302. The lowest BCUT2D eigenvalue weighted by Crippen LogP contribution is -2.60. The van der Waals surface area contributed by atoms with E-state index in [1.807, 2.05) is 6.08 Å². The fourth-order valence-electron chi connectivity index (χ4n) is 9.18. The van der Waals surface area contributed by atoms with Gasteiger partial charge in [0.15, 0.2) is 6.29 Å². The number of ether oxygens (including phenoxy) is 3. The molecular weight excluding hydrogens is 931 g/mol. The molecule has 1 aliphatic heterocycles. The lowest BCUT2D eigenvalue weighted by atomic mass is 9.99. The smallest absolute Gasteiger partial charge is 0.305 e. The third kappa shape index (κ3) is 41.5. The van der Waals surface area contributed by atoms with Crippen LogP contribution in [0.1, 0.15) is 264 Å². The van der Waals surface area contributed by atoms with Crippen molar-refractivity contribution < 1.29 is 49.3 Å². The van der Waals surface area contributed by atoms with Crippen molar-refractivity contribution >= 4 is 11.9 Å². The van der Waals surface area contributed by atoms with E-state index in [1.54, 1.807) is 6.08 Å². The van der Waals surface area contributed by atoms with Gasteiger partial charge in [0.05, 0.1) is 32.0 Å². The van der Waals surface area contributed by atoms with E-state index in [0.29, 0.717) is 19.4 Å². The summed E-state index contributed by atoms with van der Waals surface area (Å²) in [6.07, 6.45) is 57.6. The summed E-state index contributed by atoms with van der Waals surface area (Å²) in [6, 6.07) is -0.837. The molecule has 11 heteroatoms. The van der Waals surface area contributed by atoms with E-state index >= 15 is 0 Å². The lowest BCUT2D eigenvalue weighted by Gasteiger charge is -2.40. The standard InChI is InChI=1S/C63H113NO10/c1-3-5-7-9-11-13-14-15-16-17-18-22-25-28-31-35-39-43-47-51-59(68)72-52-48-44-40-36-32-29-26-23-20-19-21-24-27-30-34-38-42-46-50-58(67)64-55(56(66)49-45-41-37-33-12-10-8-6-4-2)54-73-63-62(71)61(70)60(69)57(53-65)74-63/h11-13,15-16,21,24,33,45,49,55-57,60-63,65-66,69-71H,3-10,14,17-20,22-23,25-32,34-44,46-48,50-54H2,1-2H3,(H,64,67)/b13-11-,16-15-,24-21-,33-12+,49-45+. The van der Waals surface area contributed by atoms with E-state index in [-0.39, 0.29) is 18.5 Å². The van der Waals surface area contributed by atoms with Crippen LogP contribution in [0.2, 0.25) is 0 Å². The molecule has 1 amide bonds. The molecule has 0 saturated carbocycles. The van der Waals surface area contributed by atoms with Gasteiger partial charge in [-0.15, -0.1) is 0 Å². The number of esters is 1. The predicted octanol–water partition coefficient (Wildman–Crippen LogP) is 14.2. The molecule has 0 spiro atoms. The van der Waals surface area contributed by atoms with Gasteiger partial charge in [0, 0.05) is 12.8 Å². The molecule has 0 bridgehead atoms. The highest BCUT2D eigenvalue weighted by atomic mass is 16.7. The molecule has 0 aromatic rings. The van der Waals surface area contributed by atoms with Crippen LogP contribution in [0.25, 0.3) is 0 Å². The van der Waals surface area contributed by atoms with E-state index < -0.39 is 49.5 Å². The minimum atomic E-state index is -1.58. The number of allylic oxidation sites excluding steroid dienone is 9. The number of carbonyl (C=O) groups excluding carboxylic acids is 2. The molecule has 1 saturated heterocycles. The van der Waals surface area contributed by atoms with Crippen LogP contribution in [-0.2, 0) is 23.8 Å². The Morgan fingerprint density at radius 1 is 0.500 bits per heavy atom. The first-order chi connectivity index (χ1) is 36.2. The molecule has 0 aliphatic carbocycles. The Kier molecular flexibility index (Phi) is 49.1. The fourth-order valence-corrected chi connectivity index (χ4v) is 9.18. The van der Waals surface area contributed by atoms with Gasteiger partial charge in [-0.2, -0.15) is 0 Å². The van der Waals surface area contributed by atoms with Gasteiger partial charge >= 0.3 is 5.97 Å². The van der Waals surface area contributed by atoms with Crippen molar-refractivity contribution in [1.29, 1.82) is 0 Å². The molecule has 0 aromatic carbocycles. The first-order valence-electron chi connectivity index (χ1n) is 30.6. The number of amides is 1. The van der Waals surface area contributed by atoms with Gasteiger partial charge in [0.1, 0.15) is 24.4 Å². The number of hydrogen-bond acceptors (Lipinski definition) is 10. The van der Waals surface area contributed by atoms with Crippen LogP contribution in [0.15, 0.2) is 60.8 Å². The quantitative estimate of drug-likeness (QED) is 0.0195. The van der Waals surface area contributed by atoms with Gasteiger partial charge in [0.2, 0.25) is 5.91 Å². The number of unbranched alkanes of at least 4 members (excludes halogenated alkanes) is 30. The third-order valence-corrected chi connectivity index (χ3v) is 14.1. The van der Waals surface area contributed by atoms with Crippen molar-refractivity contribution in [2.45, 2.75) is 307 Å². The Hall–Kier alpha value is -2.64. The number of nitrogens with one attached hydrogen (secondary N) is 1. The molecule has 1 fully saturated rings. The molecule has 430 valence electrons. The molecule has 0 radical (unpaired) electrons. The van der Waals surface area contributed by atoms with Gasteiger partial charge in [-0.3, -0.25) is 9.59 Å². The summed E-state index contributed by atoms with van der Waals surface area (Å²) in [4.78, 5) is 25.1. The maximum atomic E-state index is 13.0. The van der Waals surface area contributed by atoms with Gasteiger partial charge in [0.25, 0.3) is 0 Å². The van der Waals surface area contributed by atoms with Crippen LogP contribution in [0, 0.1) is 0 Å². The maximum absolute atomic E-state index is 13.0. The van der Waals surface area contributed by atoms with Crippen LogP contribution >= 0.6 is 0 Å². The van der Waals surface area contributed by atoms with Crippen molar-refractivity contribution in [1.82, 2.24) is 5.32 Å². The largest absolute Gasteiger partial charge is 0.466 e. The number of carbonyl (C=O) groups is 2. The van der Waals surface area contributed by atoms with Crippen LogP contribution in [-0.4, -0.2) is 100 Å². The Labute approximate surface area is 452 Å². The Balaban J connectivity index is 2.02. The van der Waals surface area contributed by atoms with E-state index in [0.717, 1.165) is 96.3 Å². The van der Waals surface area contributed by atoms with Crippen molar-refractivity contribution in [3.05, 3.63) is 60.8 Å². The monoisotopic (exact) mass is 1040 g/mol. The zero-order valence-electron chi connectivity index (χ0n) is 47.3. The second kappa shape index (κ2) is 52.4. The Morgan fingerprint density at radius 3 is 1.42 bits per heavy atom. The molecule has 1 aliphatic rings. The molecular formula is C63H113NO10. The first-order valence-corrected chi connectivity index (χ1v) is 30.6. The summed E-state index contributed by atoms with van der Waals surface area (Å²) in [5.41, 5.74) is 0. The normalized spacial score (nSPS) is 19.3. The van der Waals surface area contributed by atoms with E-state index in [2.05, 4.69) is 67.8 Å². The topological polar surface area (TPSA) is 175 Å². The number of aliphatic hydroxyl groups excluding tert-OH is 5. The van der Waals surface area contributed by atoms with Crippen molar-refractivity contribution in [2.24, 2.45) is 0 Å². The molecule has 0 aromatic heterocycles. The minimum absolute atomic E-state index is 0.0181. The molecule has 7 unspecified atom stereocenters. The summed E-state index contributed by atoms with van der Waals surface area (Å²) in [6.45, 7) is 4.22. The highest BCUT2D eigenvalue weighted by molar-refractivity contribution is 5.76. The third-order valence-electron chi connectivity index (χ3n) is 14.1. The molecule has 74 heavy (non-hydrogen) atoms. The summed E-state index contributed by atoms with van der Waals surface area (Å²) in [5, 5.41) is 54.1. The Morgan fingerprint density at radius 2 is 0.919 bits per heavy atom. The predicted molar refractivity (Wildman–Crippen MR) is 306 cm³/mol. The molecule has 7 atom stereocenters. The average Bonchev–Trinajstić information content (AvgIpc) is 3.40. The molecule has 11 nitrogen and oxygen atoms in total. The van der Waals surface area contributed by atoms with E-state index in [4.69, 9.17) is 14.2 Å². The Bertz CT molecular complexity index is 1410. The highest BCUT2D eigenvalue weighted by Gasteiger charge is 2.44.